The average molecular weight is 222 g/mol. The molecule has 0 fully saturated rings. The van der Waals surface area contributed by atoms with Gasteiger partial charge in [-0.25, -0.2) is 0 Å². The largest absolute Gasteiger partial charge is 0.349 e. The molecule has 0 heterocycles. The van der Waals surface area contributed by atoms with Gasteiger partial charge in [-0.15, -0.1) is 0 Å². The standard InChI is InChI=1S/C14H22O2/c1-4-5-9-12-14(15-2,16-3)13-10-7-6-8-11-13/h6-8,10-11H,4-5,9,12H2,1-3H3. The predicted molar refractivity (Wildman–Crippen MR) is 66.3 cm³/mol. The molecule has 0 spiro atoms. The zero-order chi connectivity index (χ0) is 11.9. The highest BCUT2D eigenvalue weighted by atomic mass is 16.7. The summed E-state index contributed by atoms with van der Waals surface area (Å²) >= 11 is 0. The molecule has 0 atom stereocenters. The van der Waals surface area contributed by atoms with Crippen LogP contribution in [0.4, 0.5) is 0 Å². The van der Waals surface area contributed by atoms with Crippen LogP contribution >= 0.6 is 0 Å². The van der Waals surface area contributed by atoms with E-state index in [1.807, 2.05) is 18.2 Å². The highest BCUT2D eigenvalue weighted by Gasteiger charge is 2.30. The number of hydrogen-bond donors (Lipinski definition) is 0. The van der Waals surface area contributed by atoms with Crippen LogP contribution < -0.4 is 0 Å². The van der Waals surface area contributed by atoms with Gasteiger partial charge < -0.3 is 9.47 Å². The second kappa shape index (κ2) is 6.66. The summed E-state index contributed by atoms with van der Waals surface area (Å²) in [4.78, 5) is 0. The molecule has 1 aromatic rings. The van der Waals surface area contributed by atoms with Crippen molar-refractivity contribution in [3.8, 4) is 0 Å². The van der Waals surface area contributed by atoms with Crippen LogP contribution in [0.1, 0.15) is 38.2 Å². The van der Waals surface area contributed by atoms with Crippen LogP contribution in [0.2, 0.25) is 0 Å². The van der Waals surface area contributed by atoms with E-state index in [2.05, 4.69) is 19.1 Å². The van der Waals surface area contributed by atoms with Crippen molar-refractivity contribution in [2.24, 2.45) is 0 Å². The van der Waals surface area contributed by atoms with Crippen LogP contribution in [-0.2, 0) is 15.3 Å². The fourth-order valence-corrected chi connectivity index (χ4v) is 1.97. The maximum atomic E-state index is 5.60. The molecule has 1 rings (SSSR count). The third-order valence-electron chi connectivity index (χ3n) is 2.98. The van der Waals surface area contributed by atoms with Gasteiger partial charge >= 0.3 is 0 Å². The van der Waals surface area contributed by atoms with E-state index in [9.17, 15) is 0 Å². The highest BCUT2D eigenvalue weighted by molar-refractivity contribution is 5.20. The Balaban J connectivity index is 2.79. The molecule has 90 valence electrons. The molecule has 0 saturated carbocycles. The van der Waals surface area contributed by atoms with Gasteiger partial charge in [0.25, 0.3) is 0 Å². The summed E-state index contributed by atoms with van der Waals surface area (Å²) in [5, 5.41) is 0. The van der Waals surface area contributed by atoms with Gasteiger partial charge in [-0.2, -0.15) is 0 Å². The van der Waals surface area contributed by atoms with E-state index in [0.29, 0.717) is 0 Å². The maximum Gasteiger partial charge on any atom is 0.194 e. The molecule has 16 heavy (non-hydrogen) atoms. The van der Waals surface area contributed by atoms with E-state index in [1.54, 1.807) is 14.2 Å². The molecule has 0 aliphatic heterocycles. The summed E-state index contributed by atoms with van der Waals surface area (Å²) in [6.07, 6.45) is 4.44. The van der Waals surface area contributed by atoms with Crippen LogP contribution in [-0.4, -0.2) is 14.2 Å². The minimum absolute atomic E-state index is 0.573. The zero-order valence-electron chi connectivity index (χ0n) is 10.5. The van der Waals surface area contributed by atoms with E-state index >= 15 is 0 Å². The molecular formula is C14H22O2. The zero-order valence-corrected chi connectivity index (χ0v) is 10.5. The first kappa shape index (κ1) is 13.2. The molecule has 0 aliphatic rings. The van der Waals surface area contributed by atoms with Crippen LogP contribution in [0.5, 0.6) is 0 Å². The van der Waals surface area contributed by atoms with Gasteiger partial charge in [0, 0.05) is 26.2 Å². The summed E-state index contributed by atoms with van der Waals surface area (Å²) < 4.78 is 11.2. The van der Waals surface area contributed by atoms with E-state index in [0.717, 1.165) is 18.4 Å². The Morgan fingerprint density at radius 1 is 1.00 bits per heavy atom. The minimum atomic E-state index is -0.573. The number of rotatable bonds is 7. The maximum absolute atomic E-state index is 5.60. The SMILES string of the molecule is CCCCCC(OC)(OC)c1ccccc1. The van der Waals surface area contributed by atoms with Crippen LogP contribution in [0.15, 0.2) is 30.3 Å². The van der Waals surface area contributed by atoms with E-state index in [1.165, 1.54) is 12.8 Å². The Morgan fingerprint density at radius 2 is 1.62 bits per heavy atom. The van der Waals surface area contributed by atoms with Gasteiger partial charge in [-0.3, -0.25) is 0 Å². The predicted octanol–water partition coefficient (Wildman–Crippen LogP) is 3.71. The van der Waals surface area contributed by atoms with Gasteiger partial charge in [-0.05, 0) is 6.42 Å². The summed E-state index contributed by atoms with van der Waals surface area (Å²) in [6.45, 7) is 2.20. The topological polar surface area (TPSA) is 18.5 Å². The molecule has 0 aliphatic carbocycles. The highest BCUT2D eigenvalue weighted by Crippen LogP contribution is 2.31. The third kappa shape index (κ3) is 3.06. The molecule has 0 aromatic heterocycles. The second-order valence-electron chi connectivity index (χ2n) is 3.98. The molecule has 1 aromatic carbocycles. The van der Waals surface area contributed by atoms with Crippen molar-refractivity contribution >= 4 is 0 Å². The van der Waals surface area contributed by atoms with Crippen molar-refractivity contribution in [3.05, 3.63) is 35.9 Å². The summed E-state index contributed by atoms with van der Waals surface area (Å²) in [5.41, 5.74) is 1.09. The molecule has 0 bridgehead atoms. The van der Waals surface area contributed by atoms with Crippen molar-refractivity contribution in [3.63, 3.8) is 0 Å². The van der Waals surface area contributed by atoms with Crippen molar-refractivity contribution in [2.45, 2.75) is 38.4 Å². The third-order valence-corrected chi connectivity index (χ3v) is 2.98. The van der Waals surface area contributed by atoms with E-state index < -0.39 is 5.79 Å². The fourth-order valence-electron chi connectivity index (χ4n) is 1.97. The Bertz CT molecular complexity index is 278. The van der Waals surface area contributed by atoms with Crippen LogP contribution in [0, 0.1) is 0 Å². The normalized spacial score (nSPS) is 11.7. The lowest BCUT2D eigenvalue weighted by Crippen LogP contribution is -2.30. The summed E-state index contributed by atoms with van der Waals surface area (Å²) in [6, 6.07) is 10.1. The molecule has 0 unspecified atom stereocenters. The number of ether oxygens (including phenoxy) is 2. The molecule has 2 nitrogen and oxygen atoms in total. The Labute approximate surface area is 98.6 Å². The number of methoxy groups -OCH3 is 2. The van der Waals surface area contributed by atoms with Crippen LogP contribution in [0.25, 0.3) is 0 Å². The van der Waals surface area contributed by atoms with E-state index in [4.69, 9.17) is 9.47 Å². The first-order valence-corrected chi connectivity index (χ1v) is 5.95. The first-order chi connectivity index (χ1) is 7.79. The molecule has 0 radical (unpaired) electrons. The van der Waals surface area contributed by atoms with Gasteiger partial charge in [0.05, 0.1) is 0 Å². The monoisotopic (exact) mass is 222 g/mol. The first-order valence-electron chi connectivity index (χ1n) is 5.95. The van der Waals surface area contributed by atoms with Gasteiger partial charge in [0.2, 0.25) is 0 Å². The van der Waals surface area contributed by atoms with Crippen molar-refractivity contribution in [1.82, 2.24) is 0 Å². The minimum Gasteiger partial charge on any atom is -0.349 e. The van der Waals surface area contributed by atoms with Crippen molar-refractivity contribution < 1.29 is 9.47 Å². The number of hydrogen-bond acceptors (Lipinski definition) is 2. The second-order valence-corrected chi connectivity index (χ2v) is 3.98. The lowest BCUT2D eigenvalue weighted by Gasteiger charge is -2.31. The molecule has 0 saturated heterocycles. The number of unbranched alkanes of at least 4 members (excludes halogenated alkanes) is 2. The molecule has 2 heteroatoms. The average Bonchev–Trinajstić information content (AvgIpc) is 2.36. The quantitative estimate of drug-likeness (QED) is 0.517. The fraction of sp³-hybridized carbons (Fsp3) is 0.571. The van der Waals surface area contributed by atoms with E-state index in [-0.39, 0.29) is 0 Å². The number of benzene rings is 1. The summed E-state index contributed by atoms with van der Waals surface area (Å²) in [5.74, 6) is -0.573. The lowest BCUT2D eigenvalue weighted by molar-refractivity contribution is -0.221. The van der Waals surface area contributed by atoms with Gasteiger partial charge in [-0.1, -0.05) is 50.1 Å². The Hall–Kier alpha value is -0.860. The smallest absolute Gasteiger partial charge is 0.194 e. The van der Waals surface area contributed by atoms with Crippen LogP contribution in [0.3, 0.4) is 0 Å². The summed E-state index contributed by atoms with van der Waals surface area (Å²) in [7, 11) is 3.42. The molecule has 0 N–H and O–H groups in total. The van der Waals surface area contributed by atoms with Gasteiger partial charge in [0.15, 0.2) is 5.79 Å². The molecular weight excluding hydrogens is 200 g/mol. The lowest BCUT2D eigenvalue weighted by atomic mass is 9.99. The van der Waals surface area contributed by atoms with Crippen molar-refractivity contribution in [1.29, 1.82) is 0 Å². The Kier molecular flexibility index (Phi) is 5.50. The van der Waals surface area contributed by atoms with Gasteiger partial charge in [0.1, 0.15) is 0 Å². The Morgan fingerprint density at radius 3 is 2.12 bits per heavy atom. The molecule has 0 amide bonds. The van der Waals surface area contributed by atoms with Crippen molar-refractivity contribution in [2.75, 3.05) is 14.2 Å².